The Kier molecular flexibility index (Phi) is 4.65. The van der Waals surface area contributed by atoms with E-state index in [2.05, 4.69) is 49.7 Å². The number of hydrogen-bond donors (Lipinski definition) is 0. The molecule has 1 aromatic heterocycles. The van der Waals surface area contributed by atoms with Crippen LogP contribution in [0.3, 0.4) is 0 Å². The van der Waals surface area contributed by atoms with Crippen molar-refractivity contribution in [1.82, 2.24) is 0 Å². The molecule has 0 amide bonds. The third-order valence-corrected chi connectivity index (χ3v) is 5.07. The molecule has 0 aliphatic heterocycles. The zero-order valence-corrected chi connectivity index (χ0v) is 11.8. The van der Waals surface area contributed by atoms with Crippen LogP contribution in [0.25, 0.3) is 0 Å². The first-order chi connectivity index (χ1) is 6.54. The lowest BCUT2D eigenvalue weighted by Gasteiger charge is -2.13. The van der Waals surface area contributed by atoms with E-state index in [1.807, 2.05) is 11.3 Å². The van der Waals surface area contributed by atoms with Crippen LogP contribution >= 0.6 is 27.3 Å². The minimum atomic E-state index is 0.552. The molecule has 0 nitrogen and oxygen atoms in total. The van der Waals surface area contributed by atoms with Crippen LogP contribution in [0.15, 0.2) is 6.07 Å². The van der Waals surface area contributed by atoms with E-state index in [1.54, 1.807) is 0 Å². The Morgan fingerprint density at radius 3 is 2.50 bits per heavy atom. The second kappa shape index (κ2) is 5.32. The van der Waals surface area contributed by atoms with Crippen molar-refractivity contribution in [2.45, 2.75) is 45.4 Å². The van der Waals surface area contributed by atoms with Gasteiger partial charge in [0.2, 0.25) is 0 Å². The molecule has 0 N–H and O–H groups in total. The molecule has 0 saturated carbocycles. The third kappa shape index (κ3) is 3.09. The minimum absolute atomic E-state index is 0.552. The summed E-state index contributed by atoms with van der Waals surface area (Å²) in [5.41, 5.74) is 1.44. The van der Waals surface area contributed by atoms with E-state index in [9.17, 15) is 0 Å². The molecule has 1 aromatic rings. The lowest BCUT2D eigenvalue weighted by Crippen LogP contribution is -1.97. The van der Waals surface area contributed by atoms with Gasteiger partial charge in [-0.05, 0) is 37.8 Å². The summed E-state index contributed by atoms with van der Waals surface area (Å²) in [5.74, 6) is 0.807. The topological polar surface area (TPSA) is 0 Å². The molecule has 0 aromatic carbocycles. The number of halogens is 1. The second-order valence-electron chi connectivity index (χ2n) is 4.12. The Morgan fingerprint density at radius 1 is 1.43 bits per heavy atom. The van der Waals surface area contributed by atoms with Gasteiger partial charge in [-0.15, -0.1) is 11.3 Å². The molecule has 14 heavy (non-hydrogen) atoms. The zero-order chi connectivity index (χ0) is 10.7. The molecule has 2 unspecified atom stereocenters. The summed E-state index contributed by atoms with van der Waals surface area (Å²) < 4.78 is 0. The standard InChI is InChI=1S/C12H19BrS/c1-5-8(2)6-11(13)12-9(3)7-10(4)14-12/h7-8,11H,5-6H2,1-4H3. The van der Waals surface area contributed by atoms with Crippen LogP contribution in [-0.4, -0.2) is 0 Å². The van der Waals surface area contributed by atoms with Crippen LogP contribution in [0.4, 0.5) is 0 Å². The largest absolute Gasteiger partial charge is 0.144 e. The number of aryl methyl sites for hydroxylation is 2. The maximum absolute atomic E-state index is 3.80. The normalized spacial score (nSPS) is 15.5. The number of hydrogen-bond acceptors (Lipinski definition) is 1. The Labute approximate surface area is 99.9 Å². The third-order valence-electron chi connectivity index (χ3n) is 2.67. The molecule has 0 aliphatic carbocycles. The van der Waals surface area contributed by atoms with Gasteiger partial charge in [-0.2, -0.15) is 0 Å². The van der Waals surface area contributed by atoms with Crippen molar-refractivity contribution < 1.29 is 0 Å². The number of alkyl halides is 1. The highest BCUT2D eigenvalue weighted by molar-refractivity contribution is 9.09. The van der Waals surface area contributed by atoms with E-state index >= 15 is 0 Å². The Balaban J connectivity index is 2.69. The van der Waals surface area contributed by atoms with Gasteiger partial charge in [-0.3, -0.25) is 0 Å². The maximum Gasteiger partial charge on any atom is 0.0494 e. The fourth-order valence-corrected chi connectivity index (χ4v) is 3.90. The molecule has 0 aliphatic rings. The van der Waals surface area contributed by atoms with Gasteiger partial charge in [0.05, 0.1) is 0 Å². The molecule has 2 atom stereocenters. The Morgan fingerprint density at radius 2 is 2.07 bits per heavy atom. The first kappa shape index (κ1) is 12.3. The van der Waals surface area contributed by atoms with Gasteiger partial charge in [-0.25, -0.2) is 0 Å². The average molecular weight is 275 g/mol. The maximum atomic E-state index is 3.80. The quantitative estimate of drug-likeness (QED) is 0.659. The van der Waals surface area contributed by atoms with E-state index in [-0.39, 0.29) is 0 Å². The zero-order valence-electron chi connectivity index (χ0n) is 9.43. The summed E-state index contributed by atoms with van der Waals surface area (Å²) in [7, 11) is 0. The number of rotatable bonds is 4. The Bertz CT molecular complexity index is 291. The van der Waals surface area contributed by atoms with E-state index < -0.39 is 0 Å². The molecule has 1 rings (SSSR count). The SMILES string of the molecule is CCC(C)CC(Br)c1sc(C)cc1C. The van der Waals surface area contributed by atoms with Crippen molar-refractivity contribution in [1.29, 1.82) is 0 Å². The van der Waals surface area contributed by atoms with Gasteiger partial charge in [0.25, 0.3) is 0 Å². The summed E-state index contributed by atoms with van der Waals surface area (Å²) >= 11 is 5.73. The van der Waals surface area contributed by atoms with Crippen LogP contribution in [-0.2, 0) is 0 Å². The van der Waals surface area contributed by atoms with Gasteiger partial charge in [0.1, 0.15) is 0 Å². The van der Waals surface area contributed by atoms with E-state index in [0.717, 1.165) is 5.92 Å². The molecule has 2 heteroatoms. The van der Waals surface area contributed by atoms with Crippen molar-refractivity contribution in [3.8, 4) is 0 Å². The fraction of sp³-hybridized carbons (Fsp3) is 0.667. The second-order valence-corrected chi connectivity index (χ2v) is 6.51. The fourth-order valence-electron chi connectivity index (χ4n) is 1.60. The average Bonchev–Trinajstić information content (AvgIpc) is 2.45. The lowest BCUT2D eigenvalue weighted by atomic mass is 10.0. The van der Waals surface area contributed by atoms with Crippen molar-refractivity contribution in [2.75, 3.05) is 0 Å². The monoisotopic (exact) mass is 274 g/mol. The summed E-state index contributed by atoms with van der Waals surface area (Å²) in [6.45, 7) is 8.98. The first-order valence-corrected chi connectivity index (χ1v) is 6.98. The summed E-state index contributed by atoms with van der Waals surface area (Å²) in [5, 5.41) is 0. The summed E-state index contributed by atoms with van der Waals surface area (Å²) in [6.07, 6.45) is 2.52. The molecule has 0 saturated heterocycles. The molecule has 0 radical (unpaired) electrons. The van der Waals surface area contributed by atoms with Gasteiger partial charge in [0, 0.05) is 14.6 Å². The molecule has 0 bridgehead atoms. The smallest absolute Gasteiger partial charge is 0.0494 e. The molecule has 1 heterocycles. The van der Waals surface area contributed by atoms with Crippen LogP contribution in [0.2, 0.25) is 0 Å². The van der Waals surface area contributed by atoms with E-state index in [4.69, 9.17) is 0 Å². The predicted octanol–water partition coefficient (Wildman–Crippen LogP) is 5.24. The number of thiophene rings is 1. The van der Waals surface area contributed by atoms with Crippen molar-refractivity contribution in [3.63, 3.8) is 0 Å². The van der Waals surface area contributed by atoms with Gasteiger partial charge < -0.3 is 0 Å². The van der Waals surface area contributed by atoms with Crippen molar-refractivity contribution in [3.05, 3.63) is 21.4 Å². The van der Waals surface area contributed by atoms with Crippen LogP contribution < -0.4 is 0 Å². The molecular formula is C12H19BrS. The van der Waals surface area contributed by atoms with Gasteiger partial charge >= 0.3 is 0 Å². The van der Waals surface area contributed by atoms with Crippen LogP contribution in [0, 0.1) is 19.8 Å². The highest BCUT2D eigenvalue weighted by Gasteiger charge is 2.15. The van der Waals surface area contributed by atoms with Crippen molar-refractivity contribution >= 4 is 27.3 Å². The Hall–Kier alpha value is 0.180. The van der Waals surface area contributed by atoms with Crippen LogP contribution in [0.1, 0.15) is 46.8 Å². The predicted molar refractivity (Wildman–Crippen MR) is 69.5 cm³/mol. The van der Waals surface area contributed by atoms with Gasteiger partial charge in [0.15, 0.2) is 0 Å². The van der Waals surface area contributed by atoms with E-state index in [0.29, 0.717) is 4.83 Å². The summed E-state index contributed by atoms with van der Waals surface area (Å²) in [6, 6.07) is 2.28. The lowest BCUT2D eigenvalue weighted by molar-refractivity contribution is 0.516. The first-order valence-electron chi connectivity index (χ1n) is 5.25. The molecule has 0 fully saturated rings. The highest BCUT2D eigenvalue weighted by Crippen LogP contribution is 2.37. The summed E-state index contributed by atoms with van der Waals surface area (Å²) in [4.78, 5) is 3.49. The minimum Gasteiger partial charge on any atom is -0.144 e. The molecule has 0 spiro atoms. The van der Waals surface area contributed by atoms with Crippen LogP contribution in [0.5, 0.6) is 0 Å². The highest BCUT2D eigenvalue weighted by atomic mass is 79.9. The van der Waals surface area contributed by atoms with Crippen molar-refractivity contribution in [2.24, 2.45) is 5.92 Å². The molecule has 80 valence electrons. The van der Waals surface area contributed by atoms with E-state index in [1.165, 1.54) is 28.2 Å². The molecular weight excluding hydrogens is 256 g/mol. The van der Waals surface area contributed by atoms with Gasteiger partial charge in [-0.1, -0.05) is 36.2 Å².